The predicted molar refractivity (Wildman–Crippen MR) is 101 cm³/mol. The third-order valence-corrected chi connectivity index (χ3v) is 4.93. The van der Waals surface area contributed by atoms with Gasteiger partial charge in [-0.2, -0.15) is 0 Å². The number of carbonyl (C=O) groups is 1. The Hall–Kier alpha value is -1.91. The summed E-state index contributed by atoms with van der Waals surface area (Å²) in [6, 6.07) is 11.6. The Balaban J connectivity index is 1.59. The summed E-state index contributed by atoms with van der Waals surface area (Å²) in [5.41, 5.74) is 2.15. The van der Waals surface area contributed by atoms with Gasteiger partial charge in [0.25, 0.3) is 5.91 Å². The fraction of sp³-hybridized carbons (Fsp3) is 0.333. The molecular formula is C21H21ClFNO2. The molecule has 2 aromatic rings. The van der Waals surface area contributed by atoms with E-state index in [2.05, 4.69) is 25.6 Å². The first-order chi connectivity index (χ1) is 12.4. The highest BCUT2D eigenvalue weighted by atomic mass is 35.5. The van der Waals surface area contributed by atoms with E-state index in [1.54, 1.807) is 0 Å². The molecule has 5 heteroatoms. The second kappa shape index (κ2) is 8.19. The SMILES string of the molecule is CC1[C]C(Cc2ccc(NC(=O)c3ccc(F)c(Cl)c3)cc2)COC1C. The largest absolute Gasteiger partial charge is 0.378 e. The Bertz CT molecular complexity index is 778. The van der Waals surface area contributed by atoms with Crippen LogP contribution in [0.1, 0.15) is 29.8 Å². The molecule has 2 radical (unpaired) electrons. The minimum atomic E-state index is -0.545. The molecule has 1 aliphatic rings. The Kier molecular flexibility index (Phi) is 5.94. The van der Waals surface area contributed by atoms with Crippen molar-refractivity contribution in [3.8, 4) is 0 Å². The topological polar surface area (TPSA) is 38.3 Å². The normalized spacial score (nSPS) is 22.8. The quantitative estimate of drug-likeness (QED) is 0.816. The van der Waals surface area contributed by atoms with Crippen LogP contribution in [0.15, 0.2) is 42.5 Å². The first kappa shape index (κ1) is 18.9. The molecule has 1 saturated heterocycles. The molecule has 0 spiro atoms. The lowest BCUT2D eigenvalue weighted by molar-refractivity contribution is -0.0112. The highest BCUT2D eigenvalue weighted by Gasteiger charge is 2.25. The number of nitrogens with one attached hydrogen (secondary N) is 1. The standard InChI is InChI=1S/C21H21ClFNO2/c1-13-9-16(12-26-14(13)2)10-15-3-6-18(7-4-15)24-21(25)17-5-8-20(23)19(22)11-17/h3-8,11,13-14,16H,10,12H2,1-2H3,(H,24,25). The molecule has 1 heterocycles. The zero-order valence-corrected chi connectivity index (χ0v) is 15.5. The van der Waals surface area contributed by atoms with Gasteiger partial charge in [-0.3, -0.25) is 4.79 Å². The van der Waals surface area contributed by atoms with Crippen molar-refractivity contribution in [3.63, 3.8) is 0 Å². The van der Waals surface area contributed by atoms with Crippen LogP contribution in [0.5, 0.6) is 0 Å². The van der Waals surface area contributed by atoms with Crippen LogP contribution in [0.4, 0.5) is 10.1 Å². The Morgan fingerprint density at radius 3 is 2.65 bits per heavy atom. The van der Waals surface area contributed by atoms with E-state index < -0.39 is 5.82 Å². The average molecular weight is 374 g/mol. The van der Waals surface area contributed by atoms with Gasteiger partial charge in [0.1, 0.15) is 5.82 Å². The summed E-state index contributed by atoms with van der Waals surface area (Å²) in [6.45, 7) is 4.88. The Morgan fingerprint density at radius 1 is 1.27 bits per heavy atom. The Labute approximate surface area is 158 Å². The van der Waals surface area contributed by atoms with E-state index >= 15 is 0 Å². The number of ether oxygens (including phenoxy) is 1. The highest BCUT2D eigenvalue weighted by molar-refractivity contribution is 6.31. The molecule has 3 atom stereocenters. The lowest BCUT2D eigenvalue weighted by Gasteiger charge is -2.31. The summed E-state index contributed by atoms with van der Waals surface area (Å²) in [4.78, 5) is 12.2. The number of hydrogen-bond acceptors (Lipinski definition) is 2. The lowest BCUT2D eigenvalue weighted by atomic mass is 9.86. The zero-order chi connectivity index (χ0) is 18.7. The number of benzene rings is 2. The summed E-state index contributed by atoms with van der Waals surface area (Å²) in [6.07, 6.45) is 4.64. The van der Waals surface area contributed by atoms with E-state index in [1.807, 2.05) is 24.3 Å². The van der Waals surface area contributed by atoms with Crippen molar-refractivity contribution < 1.29 is 13.9 Å². The van der Waals surface area contributed by atoms with Crippen LogP contribution in [0, 0.1) is 24.1 Å². The molecule has 1 N–H and O–H groups in total. The van der Waals surface area contributed by atoms with Crippen molar-refractivity contribution in [1.29, 1.82) is 0 Å². The van der Waals surface area contributed by atoms with Crippen molar-refractivity contribution in [2.45, 2.75) is 26.4 Å². The maximum Gasteiger partial charge on any atom is 0.255 e. The van der Waals surface area contributed by atoms with E-state index in [0.29, 0.717) is 23.8 Å². The maximum absolute atomic E-state index is 13.2. The molecule has 136 valence electrons. The molecular weight excluding hydrogens is 353 g/mol. The summed E-state index contributed by atoms with van der Waals surface area (Å²) in [5, 5.41) is 2.72. The molecule has 0 aromatic heterocycles. The van der Waals surface area contributed by atoms with Crippen molar-refractivity contribution >= 4 is 23.2 Å². The third kappa shape index (κ3) is 4.63. The van der Waals surface area contributed by atoms with E-state index in [9.17, 15) is 9.18 Å². The monoisotopic (exact) mass is 373 g/mol. The minimum absolute atomic E-state index is 0.0706. The molecule has 1 aliphatic heterocycles. The first-order valence-corrected chi connectivity index (χ1v) is 9.03. The van der Waals surface area contributed by atoms with E-state index in [-0.39, 0.29) is 23.0 Å². The van der Waals surface area contributed by atoms with Crippen LogP contribution in [0.3, 0.4) is 0 Å². The maximum atomic E-state index is 13.2. The molecule has 3 unspecified atom stereocenters. The van der Waals surface area contributed by atoms with Crippen molar-refractivity contribution in [2.75, 3.05) is 11.9 Å². The fourth-order valence-electron chi connectivity index (χ4n) is 2.93. The first-order valence-electron chi connectivity index (χ1n) is 8.65. The van der Waals surface area contributed by atoms with Crippen molar-refractivity contribution in [1.82, 2.24) is 0 Å². The van der Waals surface area contributed by atoms with Gasteiger partial charge in [-0.1, -0.05) is 30.7 Å². The highest BCUT2D eigenvalue weighted by Crippen LogP contribution is 2.26. The molecule has 26 heavy (non-hydrogen) atoms. The van der Waals surface area contributed by atoms with Gasteiger partial charge in [0, 0.05) is 11.3 Å². The van der Waals surface area contributed by atoms with Crippen LogP contribution < -0.4 is 5.32 Å². The number of carbonyl (C=O) groups excluding carboxylic acids is 1. The van der Waals surface area contributed by atoms with Gasteiger partial charge >= 0.3 is 0 Å². The molecule has 0 saturated carbocycles. The van der Waals surface area contributed by atoms with Gasteiger partial charge in [-0.25, -0.2) is 4.39 Å². The number of anilines is 1. The second-order valence-electron chi connectivity index (χ2n) is 6.67. The number of hydrogen-bond donors (Lipinski definition) is 1. The number of amides is 1. The molecule has 3 rings (SSSR count). The molecule has 0 aliphatic carbocycles. The molecule has 1 fully saturated rings. The van der Waals surface area contributed by atoms with Gasteiger partial charge < -0.3 is 10.1 Å². The van der Waals surface area contributed by atoms with Gasteiger partial charge in [0.2, 0.25) is 0 Å². The summed E-state index contributed by atoms with van der Waals surface area (Å²) >= 11 is 5.72. The van der Waals surface area contributed by atoms with E-state index in [1.165, 1.54) is 18.2 Å². The van der Waals surface area contributed by atoms with E-state index in [4.69, 9.17) is 16.3 Å². The fourth-order valence-corrected chi connectivity index (χ4v) is 3.12. The molecule has 1 amide bonds. The number of rotatable bonds is 4. The minimum Gasteiger partial charge on any atom is -0.378 e. The number of halogens is 2. The van der Waals surface area contributed by atoms with Crippen LogP contribution in [0.2, 0.25) is 5.02 Å². The van der Waals surface area contributed by atoms with Crippen molar-refractivity contribution in [3.05, 3.63) is 70.9 Å². The van der Waals surface area contributed by atoms with Gasteiger partial charge in [-0.15, -0.1) is 0 Å². The lowest BCUT2D eigenvalue weighted by Crippen LogP contribution is -2.32. The molecule has 0 bridgehead atoms. The van der Waals surface area contributed by atoms with Gasteiger partial charge in [-0.05, 0) is 67.5 Å². The van der Waals surface area contributed by atoms with Gasteiger partial charge in [0.05, 0.1) is 17.7 Å². The van der Waals surface area contributed by atoms with Gasteiger partial charge in [0.15, 0.2) is 0 Å². The zero-order valence-electron chi connectivity index (χ0n) is 14.8. The summed E-state index contributed by atoms with van der Waals surface area (Å²) in [7, 11) is 0. The summed E-state index contributed by atoms with van der Waals surface area (Å²) < 4.78 is 19.0. The average Bonchev–Trinajstić information content (AvgIpc) is 2.62. The van der Waals surface area contributed by atoms with Crippen LogP contribution in [-0.2, 0) is 11.2 Å². The Morgan fingerprint density at radius 2 is 2.00 bits per heavy atom. The third-order valence-electron chi connectivity index (χ3n) is 4.64. The predicted octanol–water partition coefficient (Wildman–Crippen LogP) is 5.03. The van der Waals surface area contributed by atoms with E-state index in [0.717, 1.165) is 12.0 Å². The summed E-state index contributed by atoms with van der Waals surface area (Å²) in [5.74, 6) is -0.265. The molecule has 3 nitrogen and oxygen atoms in total. The second-order valence-corrected chi connectivity index (χ2v) is 7.08. The van der Waals surface area contributed by atoms with Crippen LogP contribution in [-0.4, -0.2) is 18.6 Å². The van der Waals surface area contributed by atoms with Crippen LogP contribution in [0.25, 0.3) is 0 Å². The van der Waals surface area contributed by atoms with Crippen molar-refractivity contribution in [2.24, 2.45) is 11.8 Å². The molecule has 2 aromatic carbocycles. The van der Waals surface area contributed by atoms with Crippen LogP contribution >= 0.6 is 11.6 Å². The smallest absolute Gasteiger partial charge is 0.255 e.